The molecule has 5 rings (SSSR count). The first-order valence-electron chi connectivity index (χ1n) is 11.5. The van der Waals surface area contributed by atoms with Crippen LogP contribution in [-0.4, -0.2) is 31.0 Å². The van der Waals surface area contributed by atoms with Crippen LogP contribution in [0, 0.1) is 0 Å². The van der Waals surface area contributed by atoms with Crippen LogP contribution in [0.4, 0.5) is 5.82 Å². The Labute approximate surface area is 198 Å². The molecule has 2 N–H and O–H groups in total. The Balaban J connectivity index is 1.43. The third kappa shape index (κ3) is 4.53. The molecule has 0 bridgehead atoms. The second kappa shape index (κ2) is 10.3. The third-order valence-corrected chi connectivity index (χ3v) is 5.82. The van der Waals surface area contributed by atoms with Gasteiger partial charge >= 0.3 is 0 Å². The standard InChI is InChI=1S/C26H27N7O/c1-2-21(20-12-15-27-16-13-20)33-25(22-11-7-17-34-22)31-23-24(28-18-29-26(23)33)32-30-14-6-10-19-8-4-3-5-9-19/h3-5,7-9,11-13,15-18,21,30H,2,6,10,14H2,1H3,(H,28,29,32). The predicted octanol–water partition coefficient (Wildman–Crippen LogP) is 5.03. The summed E-state index contributed by atoms with van der Waals surface area (Å²) < 4.78 is 7.87. The smallest absolute Gasteiger partial charge is 0.179 e. The highest BCUT2D eigenvalue weighted by atomic mass is 16.3. The lowest BCUT2D eigenvalue weighted by Crippen LogP contribution is -2.24. The first kappa shape index (κ1) is 21.8. The molecule has 0 saturated carbocycles. The molecule has 4 heterocycles. The molecular formula is C26H27N7O. The van der Waals surface area contributed by atoms with Gasteiger partial charge in [0.2, 0.25) is 0 Å². The summed E-state index contributed by atoms with van der Waals surface area (Å²) in [4.78, 5) is 18.2. The van der Waals surface area contributed by atoms with Crippen LogP contribution in [0.2, 0.25) is 0 Å². The average molecular weight is 454 g/mol. The van der Waals surface area contributed by atoms with E-state index in [-0.39, 0.29) is 6.04 Å². The molecule has 1 unspecified atom stereocenters. The minimum atomic E-state index is 0.0229. The van der Waals surface area contributed by atoms with Crippen LogP contribution in [0.25, 0.3) is 22.7 Å². The molecule has 1 atom stereocenters. The van der Waals surface area contributed by atoms with E-state index in [4.69, 9.17) is 9.40 Å². The topological polar surface area (TPSA) is 93.7 Å². The zero-order chi connectivity index (χ0) is 23.2. The van der Waals surface area contributed by atoms with Gasteiger partial charge in [0, 0.05) is 18.9 Å². The largest absolute Gasteiger partial charge is 0.461 e. The molecule has 8 nitrogen and oxygen atoms in total. The maximum atomic E-state index is 5.74. The Morgan fingerprint density at radius 2 is 1.85 bits per heavy atom. The molecule has 4 aromatic heterocycles. The van der Waals surface area contributed by atoms with E-state index < -0.39 is 0 Å². The number of anilines is 1. The Kier molecular flexibility index (Phi) is 6.58. The van der Waals surface area contributed by atoms with Crippen LogP contribution in [0.15, 0.2) is 84.0 Å². The van der Waals surface area contributed by atoms with Gasteiger partial charge in [0.1, 0.15) is 6.33 Å². The van der Waals surface area contributed by atoms with Crippen LogP contribution in [0.1, 0.15) is 36.9 Å². The van der Waals surface area contributed by atoms with Crippen molar-refractivity contribution in [3.63, 3.8) is 0 Å². The highest BCUT2D eigenvalue weighted by Crippen LogP contribution is 2.34. The molecule has 8 heteroatoms. The fourth-order valence-electron chi connectivity index (χ4n) is 4.20. The van der Waals surface area contributed by atoms with Gasteiger partial charge < -0.3 is 9.84 Å². The van der Waals surface area contributed by atoms with E-state index in [1.54, 1.807) is 12.6 Å². The molecule has 0 spiro atoms. The van der Waals surface area contributed by atoms with Crippen molar-refractivity contribution in [2.45, 2.75) is 32.2 Å². The average Bonchev–Trinajstić information content (AvgIpc) is 3.55. The number of fused-ring (bicyclic) bond motifs is 1. The van der Waals surface area contributed by atoms with E-state index >= 15 is 0 Å². The number of hydrazine groups is 1. The molecule has 0 amide bonds. The lowest BCUT2D eigenvalue weighted by atomic mass is 10.1. The van der Waals surface area contributed by atoms with Crippen LogP contribution in [-0.2, 0) is 6.42 Å². The summed E-state index contributed by atoms with van der Waals surface area (Å²) in [6.45, 7) is 2.94. The third-order valence-electron chi connectivity index (χ3n) is 5.82. The van der Waals surface area contributed by atoms with Gasteiger partial charge in [-0.25, -0.2) is 20.4 Å². The van der Waals surface area contributed by atoms with Gasteiger partial charge in [-0.2, -0.15) is 0 Å². The Bertz CT molecular complexity index is 1320. The number of imidazole rings is 1. The van der Waals surface area contributed by atoms with E-state index in [1.165, 1.54) is 5.56 Å². The Morgan fingerprint density at radius 1 is 1.00 bits per heavy atom. The number of pyridine rings is 1. The lowest BCUT2D eigenvalue weighted by molar-refractivity contribution is 0.545. The Hall–Kier alpha value is -4.04. The number of hydrogen-bond acceptors (Lipinski definition) is 7. The maximum Gasteiger partial charge on any atom is 0.179 e. The van der Waals surface area contributed by atoms with Gasteiger partial charge in [-0.05, 0) is 54.7 Å². The van der Waals surface area contributed by atoms with Crippen molar-refractivity contribution >= 4 is 17.0 Å². The number of rotatable bonds is 10. The summed E-state index contributed by atoms with van der Waals surface area (Å²) in [5.74, 6) is 2.05. The number of benzene rings is 1. The van der Waals surface area contributed by atoms with Crippen LogP contribution in [0.3, 0.4) is 0 Å². The number of furan rings is 1. The first-order valence-corrected chi connectivity index (χ1v) is 11.5. The van der Waals surface area contributed by atoms with Gasteiger partial charge in [-0.3, -0.25) is 9.55 Å². The van der Waals surface area contributed by atoms with Crippen molar-refractivity contribution in [3.05, 3.63) is 90.7 Å². The maximum absolute atomic E-state index is 5.74. The van der Waals surface area contributed by atoms with E-state index in [0.29, 0.717) is 17.1 Å². The lowest BCUT2D eigenvalue weighted by Gasteiger charge is -2.19. The normalized spacial score (nSPS) is 12.1. The second-order valence-electron chi connectivity index (χ2n) is 8.02. The molecule has 0 aliphatic heterocycles. The van der Waals surface area contributed by atoms with Gasteiger partial charge in [-0.1, -0.05) is 37.3 Å². The number of nitrogens with one attached hydrogen (secondary N) is 2. The van der Waals surface area contributed by atoms with Crippen molar-refractivity contribution in [1.29, 1.82) is 0 Å². The molecule has 5 aromatic rings. The fourth-order valence-corrected chi connectivity index (χ4v) is 4.20. The summed E-state index contributed by atoms with van der Waals surface area (Å²) in [7, 11) is 0. The summed E-state index contributed by atoms with van der Waals surface area (Å²) in [6, 6.07) is 18.3. The van der Waals surface area contributed by atoms with Crippen LogP contribution in [0.5, 0.6) is 0 Å². The van der Waals surface area contributed by atoms with E-state index in [1.807, 2.05) is 42.7 Å². The van der Waals surface area contributed by atoms with Crippen molar-refractivity contribution in [3.8, 4) is 11.6 Å². The molecule has 0 fully saturated rings. The van der Waals surface area contributed by atoms with Crippen molar-refractivity contribution < 1.29 is 4.42 Å². The molecule has 0 aliphatic rings. The summed E-state index contributed by atoms with van der Waals surface area (Å²) >= 11 is 0. The van der Waals surface area contributed by atoms with Crippen molar-refractivity contribution in [2.75, 3.05) is 12.0 Å². The van der Waals surface area contributed by atoms with Gasteiger partial charge in [0.05, 0.1) is 12.3 Å². The molecule has 172 valence electrons. The highest BCUT2D eigenvalue weighted by molar-refractivity contribution is 5.86. The molecule has 1 aromatic carbocycles. The number of hydrogen-bond donors (Lipinski definition) is 2. The first-order chi connectivity index (χ1) is 16.8. The van der Waals surface area contributed by atoms with E-state index in [2.05, 4.69) is 61.6 Å². The van der Waals surface area contributed by atoms with Crippen molar-refractivity contribution in [2.24, 2.45) is 0 Å². The van der Waals surface area contributed by atoms with Crippen molar-refractivity contribution in [1.82, 2.24) is 29.9 Å². The number of aryl methyl sites for hydroxylation is 1. The molecule has 0 aliphatic carbocycles. The second-order valence-corrected chi connectivity index (χ2v) is 8.02. The number of nitrogens with zero attached hydrogens (tertiary/aromatic N) is 5. The summed E-state index contributed by atoms with van der Waals surface area (Å²) in [6.07, 6.45) is 9.71. The number of aromatic nitrogens is 5. The van der Waals surface area contributed by atoms with Gasteiger partial charge in [0.25, 0.3) is 0 Å². The quantitative estimate of drug-likeness (QED) is 0.226. The van der Waals surface area contributed by atoms with Crippen LogP contribution >= 0.6 is 0 Å². The molecular weight excluding hydrogens is 426 g/mol. The minimum Gasteiger partial charge on any atom is -0.461 e. The van der Waals surface area contributed by atoms with E-state index in [0.717, 1.165) is 42.8 Å². The van der Waals surface area contributed by atoms with E-state index in [9.17, 15) is 0 Å². The molecule has 0 radical (unpaired) electrons. The van der Waals surface area contributed by atoms with Gasteiger partial charge in [0.15, 0.2) is 28.6 Å². The molecule has 0 saturated heterocycles. The monoisotopic (exact) mass is 453 g/mol. The highest BCUT2D eigenvalue weighted by Gasteiger charge is 2.24. The zero-order valence-electron chi connectivity index (χ0n) is 19.1. The van der Waals surface area contributed by atoms with Crippen LogP contribution < -0.4 is 10.9 Å². The predicted molar refractivity (Wildman–Crippen MR) is 132 cm³/mol. The Morgan fingerprint density at radius 3 is 2.62 bits per heavy atom. The summed E-state index contributed by atoms with van der Waals surface area (Å²) in [5.41, 5.74) is 10.4. The SMILES string of the molecule is CCC(c1ccncc1)n1c(-c2ccco2)nc2c(NNCCCc3ccccc3)ncnc21. The van der Waals surface area contributed by atoms with Gasteiger partial charge in [-0.15, -0.1) is 0 Å². The zero-order valence-corrected chi connectivity index (χ0v) is 19.1. The fraction of sp³-hybridized carbons (Fsp3) is 0.231. The molecule has 34 heavy (non-hydrogen) atoms. The minimum absolute atomic E-state index is 0.0229. The summed E-state index contributed by atoms with van der Waals surface area (Å²) in [5, 5.41) is 0.